The van der Waals surface area contributed by atoms with Crippen LogP contribution in [0, 0.1) is 0 Å². The molecule has 29 heavy (non-hydrogen) atoms. The number of carbonyl (C=O) groups is 1. The third kappa shape index (κ3) is 2.43. The summed E-state index contributed by atoms with van der Waals surface area (Å²) in [5.74, 6) is 0.545. The topological polar surface area (TPSA) is 47.4 Å². The Bertz CT molecular complexity index is 1160. The number of benzene rings is 2. The van der Waals surface area contributed by atoms with Crippen molar-refractivity contribution in [1.29, 1.82) is 0 Å². The lowest BCUT2D eigenvalue weighted by molar-refractivity contribution is -0.0507. The average molecular weight is 418 g/mol. The molecular weight excluding hydrogens is 400 g/mol. The third-order valence-corrected chi connectivity index (χ3v) is 6.27. The monoisotopic (exact) mass is 417 g/mol. The summed E-state index contributed by atoms with van der Waals surface area (Å²) in [5.41, 5.74) is 1.73. The molecule has 2 atom stereocenters. The summed E-state index contributed by atoms with van der Waals surface area (Å²) in [6, 6.07) is 9.79. The number of ether oxygens (including phenoxy) is 1. The summed E-state index contributed by atoms with van der Waals surface area (Å²) < 4.78 is 33.1. The van der Waals surface area contributed by atoms with Gasteiger partial charge >= 0.3 is 6.61 Å². The van der Waals surface area contributed by atoms with Crippen LogP contribution in [-0.4, -0.2) is 33.5 Å². The molecule has 2 bridgehead atoms. The maximum absolute atomic E-state index is 13.4. The van der Waals surface area contributed by atoms with Gasteiger partial charge in [0.05, 0.1) is 17.1 Å². The fourth-order valence-electron chi connectivity index (χ4n) is 4.92. The average Bonchev–Trinajstić information content (AvgIpc) is 3.14. The Balaban J connectivity index is 1.87. The van der Waals surface area contributed by atoms with Crippen molar-refractivity contribution in [3.8, 4) is 5.75 Å². The summed E-state index contributed by atoms with van der Waals surface area (Å²) in [6.45, 7) is 1.37. The molecule has 150 valence electrons. The molecule has 0 N–H and O–H groups in total. The smallest absolute Gasteiger partial charge is 0.387 e. The molecule has 1 aromatic heterocycles. The maximum atomic E-state index is 13.4. The summed E-state index contributed by atoms with van der Waals surface area (Å²) >= 11 is 6.24. The minimum atomic E-state index is -2.98. The quantitative estimate of drug-likeness (QED) is 0.604. The molecule has 5 nitrogen and oxygen atoms in total. The van der Waals surface area contributed by atoms with E-state index in [1.807, 2.05) is 30.5 Å². The number of hydrogen-bond donors (Lipinski definition) is 0. The van der Waals surface area contributed by atoms with Gasteiger partial charge in [0.1, 0.15) is 17.1 Å². The van der Waals surface area contributed by atoms with E-state index in [0.717, 1.165) is 16.9 Å². The van der Waals surface area contributed by atoms with E-state index < -0.39 is 12.2 Å². The molecule has 0 spiro atoms. The number of carbonyl (C=O) groups excluding carboxylic acids is 1. The molecule has 2 aliphatic rings. The van der Waals surface area contributed by atoms with E-state index in [9.17, 15) is 13.6 Å². The highest BCUT2D eigenvalue weighted by atomic mass is 35.5. The minimum Gasteiger partial charge on any atom is -0.434 e. The number of aromatic nitrogens is 2. The molecule has 2 aliphatic heterocycles. The Hall–Kier alpha value is -2.67. The predicted octanol–water partition coefficient (Wildman–Crippen LogP) is 4.98. The normalized spacial score (nSPS) is 22.8. The van der Waals surface area contributed by atoms with Gasteiger partial charge in [0.15, 0.2) is 0 Å². The SMILES string of the molecule is CCN1C(=O)c2cccc(OC(F)F)c2[C@@H]2C[C@]1(C)c1nc3ccc(Cl)cc3n12. The van der Waals surface area contributed by atoms with Gasteiger partial charge < -0.3 is 14.2 Å². The second-order valence-corrected chi connectivity index (χ2v) is 8.01. The van der Waals surface area contributed by atoms with Crippen molar-refractivity contribution in [2.24, 2.45) is 0 Å². The number of fused-ring (bicyclic) bond motifs is 9. The van der Waals surface area contributed by atoms with Gasteiger partial charge in [-0.2, -0.15) is 8.78 Å². The van der Waals surface area contributed by atoms with Crippen LogP contribution in [0.2, 0.25) is 5.02 Å². The Morgan fingerprint density at radius 3 is 2.86 bits per heavy atom. The van der Waals surface area contributed by atoms with E-state index in [0.29, 0.717) is 29.1 Å². The Morgan fingerprint density at radius 1 is 1.34 bits per heavy atom. The van der Waals surface area contributed by atoms with Crippen molar-refractivity contribution >= 4 is 28.5 Å². The Kier molecular flexibility index (Phi) is 3.90. The van der Waals surface area contributed by atoms with Gasteiger partial charge in [0, 0.05) is 29.1 Å². The van der Waals surface area contributed by atoms with Crippen molar-refractivity contribution in [2.75, 3.05) is 6.54 Å². The highest BCUT2D eigenvalue weighted by Gasteiger charge is 2.53. The molecule has 0 unspecified atom stereocenters. The van der Waals surface area contributed by atoms with Gasteiger partial charge in [-0.05, 0) is 44.2 Å². The summed E-state index contributed by atoms with van der Waals surface area (Å²) in [4.78, 5) is 20.0. The number of imidazole rings is 1. The molecule has 0 saturated heterocycles. The van der Waals surface area contributed by atoms with Crippen molar-refractivity contribution in [3.63, 3.8) is 0 Å². The second kappa shape index (κ2) is 6.16. The Morgan fingerprint density at radius 2 is 2.14 bits per heavy atom. The molecule has 1 amide bonds. The van der Waals surface area contributed by atoms with E-state index in [-0.39, 0.29) is 17.7 Å². The van der Waals surface area contributed by atoms with Gasteiger partial charge in [0.25, 0.3) is 5.91 Å². The molecular formula is C21H18ClF2N3O2. The van der Waals surface area contributed by atoms with Crippen LogP contribution in [-0.2, 0) is 5.54 Å². The van der Waals surface area contributed by atoms with Gasteiger partial charge in [-0.1, -0.05) is 17.7 Å². The zero-order chi connectivity index (χ0) is 20.5. The standard InChI is InChI=1S/C21H18ClF2N3O2/c1-3-26-18(28)12-5-4-6-16(29-20(23)24)17(12)15-10-21(26,2)19-25-13-8-7-11(22)9-14(13)27(15)19/h4-9,15,20H,3,10H2,1-2H3/t15-,21+/m0/s1. The van der Waals surface area contributed by atoms with Gasteiger partial charge in [-0.15, -0.1) is 0 Å². The first-order valence-corrected chi connectivity index (χ1v) is 9.80. The molecule has 5 rings (SSSR count). The van der Waals surface area contributed by atoms with Crippen LogP contribution >= 0.6 is 11.6 Å². The largest absolute Gasteiger partial charge is 0.434 e. The zero-order valence-electron chi connectivity index (χ0n) is 15.8. The third-order valence-electron chi connectivity index (χ3n) is 6.04. The number of halogens is 3. The number of amides is 1. The van der Waals surface area contributed by atoms with Gasteiger partial charge in [-0.3, -0.25) is 4.79 Å². The van der Waals surface area contributed by atoms with Crippen LogP contribution in [0.5, 0.6) is 5.75 Å². The van der Waals surface area contributed by atoms with E-state index in [1.54, 1.807) is 23.1 Å². The van der Waals surface area contributed by atoms with Gasteiger partial charge in [-0.25, -0.2) is 4.98 Å². The lowest BCUT2D eigenvalue weighted by Crippen LogP contribution is -2.46. The fourth-order valence-corrected chi connectivity index (χ4v) is 5.08. The fraction of sp³-hybridized carbons (Fsp3) is 0.333. The molecule has 2 aromatic carbocycles. The maximum Gasteiger partial charge on any atom is 0.387 e. The summed E-state index contributed by atoms with van der Waals surface area (Å²) in [7, 11) is 0. The van der Waals surface area contributed by atoms with Crippen LogP contribution in [0.3, 0.4) is 0 Å². The van der Waals surface area contributed by atoms with Crippen LogP contribution < -0.4 is 4.74 Å². The molecule has 0 fully saturated rings. The first kappa shape index (κ1) is 18.4. The summed E-state index contributed by atoms with van der Waals surface area (Å²) in [5, 5.41) is 0.561. The van der Waals surface area contributed by atoms with Crippen LogP contribution in [0.15, 0.2) is 36.4 Å². The van der Waals surface area contributed by atoms with Crippen molar-refractivity contribution < 1.29 is 18.3 Å². The van der Waals surface area contributed by atoms with Crippen LogP contribution in [0.1, 0.15) is 48.1 Å². The van der Waals surface area contributed by atoms with E-state index in [4.69, 9.17) is 21.3 Å². The molecule has 3 aromatic rings. The first-order valence-electron chi connectivity index (χ1n) is 9.43. The Labute approximate surface area is 170 Å². The van der Waals surface area contributed by atoms with Crippen molar-refractivity contribution in [2.45, 2.75) is 38.5 Å². The van der Waals surface area contributed by atoms with Crippen molar-refractivity contribution in [1.82, 2.24) is 14.5 Å². The highest BCUT2D eigenvalue weighted by molar-refractivity contribution is 6.31. The lowest BCUT2D eigenvalue weighted by atomic mass is 9.92. The minimum absolute atomic E-state index is 0.0212. The second-order valence-electron chi connectivity index (χ2n) is 7.58. The van der Waals surface area contributed by atoms with E-state index in [1.165, 1.54) is 6.07 Å². The van der Waals surface area contributed by atoms with E-state index >= 15 is 0 Å². The number of nitrogens with zero attached hydrogens (tertiary/aromatic N) is 3. The van der Waals surface area contributed by atoms with Crippen molar-refractivity contribution in [3.05, 3.63) is 58.4 Å². The summed E-state index contributed by atoms with van der Waals surface area (Å²) in [6.07, 6.45) is 0.522. The molecule has 0 radical (unpaired) electrons. The van der Waals surface area contributed by atoms with Gasteiger partial charge in [0.2, 0.25) is 0 Å². The number of alkyl halides is 2. The molecule has 0 aliphatic carbocycles. The number of rotatable bonds is 3. The number of hydrogen-bond acceptors (Lipinski definition) is 3. The first-order chi connectivity index (χ1) is 13.8. The van der Waals surface area contributed by atoms with Crippen LogP contribution in [0.25, 0.3) is 11.0 Å². The molecule has 3 heterocycles. The van der Waals surface area contributed by atoms with E-state index in [2.05, 4.69) is 0 Å². The van der Waals surface area contributed by atoms with Crippen LogP contribution in [0.4, 0.5) is 8.78 Å². The zero-order valence-corrected chi connectivity index (χ0v) is 16.6. The highest BCUT2D eigenvalue weighted by Crippen LogP contribution is 2.53. The lowest BCUT2D eigenvalue weighted by Gasteiger charge is -2.36. The molecule has 8 heteroatoms. The predicted molar refractivity (Wildman–Crippen MR) is 105 cm³/mol. The molecule has 0 saturated carbocycles.